The van der Waals surface area contributed by atoms with Gasteiger partial charge in [0.1, 0.15) is 11.6 Å². The van der Waals surface area contributed by atoms with Gasteiger partial charge in [-0.3, -0.25) is 4.57 Å². The molecule has 3 aromatic carbocycles. The molecule has 0 atom stereocenters. The van der Waals surface area contributed by atoms with E-state index in [0.717, 1.165) is 28.2 Å². The van der Waals surface area contributed by atoms with Crippen LogP contribution in [0.2, 0.25) is 0 Å². The van der Waals surface area contributed by atoms with E-state index in [4.69, 9.17) is 9.72 Å². The number of nitrogens with zero attached hydrogens (tertiary/aromatic N) is 3. The Morgan fingerprint density at radius 2 is 1.34 bits per heavy atom. The third-order valence-electron chi connectivity index (χ3n) is 8.95. The Labute approximate surface area is 240 Å². The number of fused-ring (bicyclic) bond motifs is 3. The fourth-order valence-electron chi connectivity index (χ4n) is 6.65. The lowest BCUT2D eigenvalue weighted by Gasteiger charge is -2.22. The molecule has 4 heteroatoms. The van der Waals surface area contributed by atoms with E-state index in [1.807, 2.05) is 18.5 Å². The Hall–Kier alpha value is -4.44. The highest BCUT2D eigenvalue weighted by Gasteiger charge is 2.24. The van der Waals surface area contributed by atoms with E-state index in [1.54, 1.807) is 0 Å². The van der Waals surface area contributed by atoms with Crippen molar-refractivity contribution < 1.29 is 4.74 Å². The van der Waals surface area contributed by atoms with Crippen molar-refractivity contribution in [3.8, 4) is 28.6 Å². The predicted molar refractivity (Wildman–Crippen MR) is 166 cm³/mol. The molecule has 0 saturated heterocycles. The first-order valence-corrected chi connectivity index (χ1v) is 15.0. The minimum atomic E-state index is 0.623. The molecule has 2 saturated carbocycles. The molecule has 0 aliphatic heterocycles. The molecule has 2 fully saturated rings. The van der Waals surface area contributed by atoms with Gasteiger partial charge in [-0.05, 0) is 102 Å². The van der Waals surface area contributed by atoms with Crippen molar-refractivity contribution in [2.45, 2.75) is 56.8 Å². The van der Waals surface area contributed by atoms with Crippen LogP contribution in [0.1, 0.15) is 67.9 Å². The van der Waals surface area contributed by atoms with Crippen LogP contribution in [-0.4, -0.2) is 14.5 Å². The average Bonchev–Trinajstić information content (AvgIpc) is 3.84. The zero-order chi connectivity index (χ0) is 27.2. The molecule has 0 spiro atoms. The first kappa shape index (κ1) is 24.4. The van der Waals surface area contributed by atoms with E-state index in [0.29, 0.717) is 17.7 Å². The second-order valence-corrected chi connectivity index (χ2v) is 11.7. The van der Waals surface area contributed by atoms with Crippen LogP contribution >= 0.6 is 0 Å². The van der Waals surface area contributed by atoms with Crippen molar-refractivity contribution >= 4 is 21.8 Å². The summed E-state index contributed by atoms with van der Waals surface area (Å²) in [7, 11) is 0. The fraction of sp³-hybridized carbons (Fsp3) is 0.243. The predicted octanol–water partition coefficient (Wildman–Crippen LogP) is 9.96. The van der Waals surface area contributed by atoms with E-state index >= 15 is 0 Å². The van der Waals surface area contributed by atoms with E-state index in [1.165, 1.54) is 72.4 Å². The Morgan fingerprint density at radius 1 is 0.585 bits per heavy atom. The maximum atomic E-state index is 6.32. The van der Waals surface area contributed by atoms with Gasteiger partial charge in [0.25, 0.3) is 0 Å². The highest BCUT2D eigenvalue weighted by Crippen LogP contribution is 2.41. The maximum absolute atomic E-state index is 6.32. The van der Waals surface area contributed by atoms with Gasteiger partial charge in [-0.25, -0.2) is 9.97 Å². The van der Waals surface area contributed by atoms with Gasteiger partial charge in [0.15, 0.2) is 0 Å². The first-order chi connectivity index (χ1) is 20.3. The van der Waals surface area contributed by atoms with Crippen molar-refractivity contribution in [3.63, 3.8) is 0 Å². The van der Waals surface area contributed by atoms with Crippen LogP contribution in [0.25, 0.3) is 38.8 Å². The maximum Gasteiger partial charge on any atom is 0.219 e. The number of benzene rings is 3. The molecule has 2 aliphatic carbocycles. The molecule has 3 heterocycles. The number of hydrogen-bond acceptors (Lipinski definition) is 3. The zero-order valence-corrected chi connectivity index (χ0v) is 23.2. The molecular weight excluding hydrogens is 502 g/mol. The normalized spacial score (nSPS) is 15.9. The third-order valence-corrected chi connectivity index (χ3v) is 8.95. The smallest absolute Gasteiger partial charge is 0.219 e. The third kappa shape index (κ3) is 4.67. The van der Waals surface area contributed by atoms with Gasteiger partial charge in [0, 0.05) is 29.2 Å². The zero-order valence-electron chi connectivity index (χ0n) is 23.2. The first-order valence-electron chi connectivity index (χ1n) is 15.0. The van der Waals surface area contributed by atoms with Gasteiger partial charge in [-0.1, -0.05) is 61.7 Å². The van der Waals surface area contributed by atoms with Gasteiger partial charge in [-0.15, -0.1) is 0 Å². The molecule has 0 amide bonds. The van der Waals surface area contributed by atoms with Crippen molar-refractivity contribution in [2.24, 2.45) is 0 Å². The average molecular weight is 536 g/mol. The van der Waals surface area contributed by atoms with Crippen LogP contribution in [0.5, 0.6) is 11.6 Å². The number of pyridine rings is 2. The summed E-state index contributed by atoms with van der Waals surface area (Å²) in [6, 6.07) is 32.5. The van der Waals surface area contributed by atoms with Crippen LogP contribution in [0.4, 0.5) is 0 Å². The lowest BCUT2D eigenvalue weighted by molar-refractivity contribution is 0.435. The van der Waals surface area contributed by atoms with E-state index in [-0.39, 0.29) is 0 Å². The highest BCUT2D eigenvalue weighted by molar-refractivity contribution is 6.10. The SMILES string of the molecule is c1cc(Oc2cc(C3CCCCC3)ccn2)cc(-c2ccc3c4ccccc4n(-c4cc(C5CC5)ccn4)c3c2)c1. The number of hydrogen-bond donors (Lipinski definition) is 0. The molecule has 41 heavy (non-hydrogen) atoms. The quantitative estimate of drug-likeness (QED) is 0.213. The molecule has 0 bridgehead atoms. The Balaban J connectivity index is 1.17. The highest BCUT2D eigenvalue weighted by atomic mass is 16.5. The molecule has 0 unspecified atom stereocenters. The fourth-order valence-corrected chi connectivity index (χ4v) is 6.65. The topological polar surface area (TPSA) is 39.9 Å². The van der Waals surface area contributed by atoms with Crippen molar-refractivity contribution in [2.75, 3.05) is 0 Å². The molecule has 4 nitrogen and oxygen atoms in total. The molecule has 3 aromatic heterocycles. The standard InChI is InChI=1S/C37H33N3O/c1-2-7-25(8-3-1)30-18-20-39-37(24-30)41-31-10-6-9-27(21-31)28-15-16-33-32-11-4-5-12-34(32)40(35(33)22-28)36-23-29(17-19-38-36)26-13-14-26/h4-6,9-12,15-26H,1-3,7-8,13-14H2. The summed E-state index contributed by atoms with van der Waals surface area (Å²) in [6.45, 7) is 0. The Kier molecular flexibility index (Phi) is 6.06. The monoisotopic (exact) mass is 535 g/mol. The molecule has 2 aliphatic rings. The molecule has 0 N–H and O–H groups in total. The molecule has 0 radical (unpaired) electrons. The van der Waals surface area contributed by atoms with E-state index in [2.05, 4.69) is 94.5 Å². The van der Waals surface area contributed by atoms with Gasteiger partial charge in [0.05, 0.1) is 11.0 Å². The van der Waals surface area contributed by atoms with E-state index < -0.39 is 0 Å². The van der Waals surface area contributed by atoms with Crippen LogP contribution < -0.4 is 4.74 Å². The minimum Gasteiger partial charge on any atom is -0.439 e. The number of rotatable bonds is 6. The summed E-state index contributed by atoms with van der Waals surface area (Å²) >= 11 is 0. The van der Waals surface area contributed by atoms with Gasteiger partial charge in [0.2, 0.25) is 5.88 Å². The largest absolute Gasteiger partial charge is 0.439 e. The van der Waals surface area contributed by atoms with Gasteiger partial charge in [-0.2, -0.15) is 0 Å². The summed E-state index contributed by atoms with van der Waals surface area (Å²) in [5.74, 6) is 3.76. The summed E-state index contributed by atoms with van der Waals surface area (Å²) in [5.41, 5.74) is 7.35. The van der Waals surface area contributed by atoms with Crippen molar-refractivity contribution in [3.05, 3.63) is 115 Å². The molecule has 6 aromatic rings. The summed E-state index contributed by atoms with van der Waals surface area (Å²) < 4.78 is 8.64. The number of ether oxygens (including phenoxy) is 1. The summed E-state index contributed by atoms with van der Waals surface area (Å²) in [4.78, 5) is 9.37. The molecular formula is C37H33N3O. The van der Waals surface area contributed by atoms with Crippen LogP contribution in [0.3, 0.4) is 0 Å². The van der Waals surface area contributed by atoms with Crippen molar-refractivity contribution in [1.29, 1.82) is 0 Å². The number of para-hydroxylation sites is 1. The minimum absolute atomic E-state index is 0.623. The molecule has 202 valence electrons. The lowest BCUT2D eigenvalue weighted by atomic mass is 9.84. The summed E-state index contributed by atoms with van der Waals surface area (Å²) in [6.07, 6.45) is 12.9. The lowest BCUT2D eigenvalue weighted by Crippen LogP contribution is -2.04. The Bertz CT molecular complexity index is 1880. The van der Waals surface area contributed by atoms with E-state index in [9.17, 15) is 0 Å². The van der Waals surface area contributed by atoms with Gasteiger partial charge >= 0.3 is 0 Å². The van der Waals surface area contributed by atoms with Crippen molar-refractivity contribution in [1.82, 2.24) is 14.5 Å². The van der Waals surface area contributed by atoms with Crippen LogP contribution in [-0.2, 0) is 0 Å². The second-order valence-electron chi connectivity index (χ2n) is 11.7. The van der Waals surface area contributed by atoms with Crippen LogP contribution in [0, 0.1) is 0 Å². The Morgan fingerprint density at radius 3 is 2.22 bits per heavy atom. The molecule has 8 rings (SSSR count). The van der Waals surface area contributed by atoms with Crippen LogP contribution in [0.15, 0.2) is 103 Å². The number of aromatic nitrogens is 3. The second kappa shape index (κ2) is 10.2. The van der Waals surface area contributed by atoms with Gasteiger partial charge < -0.3 is 4.74 Å². The summed E-state index contributed by atoms with van der Waals surface area (Å²) in [5, 5.41) is 2.48.